The first kappa shape index (κ1) is 43.6. The van der Waals surface area contributed by atoms with Crippen LogP contribution in [-0.2, 0) is 50.6 Å². The van der Waals surface area contributed by atoms with Crippen LogP contribution in [0.4, 0.5) is 5.69 Å². The van der Waals surface area contributed by atoms with E-state index in [1.807, 2.05) is 56.3 Å². The first-order chi connectivity index (χ1) is 29.2. The van der Waals surface area contributed by atoms with E-state index in [-0.39, 0.29) is 12.3 Å². The van der Waals surface area contributed by atoms with Crippen LogP contribution in [0.25, 0.3) is 10.9 Å². The van der Waals surface area contributed by atoms with Crippen LogP contribution < -0.4 is 15.0 Å². The number of methoxy groups -OCH3 is 3. The first-order valence-electron chi connectivity index (χ1n) is 21.3. The van der Waals surface area contributed by atoms with Gasteiger partial charge in [-0.3, -0.25) is 19.3 Å². The number of β-amino-alcohol motifs (C(OH)–C–C–N with tert-alkyl or cyclic N) is 1. The molecule has 2 aromatic carbocycles. The number of anilines is 1. The molecular weight excluding hydrogens is 895 g/mol. The Balaban J connectivity index is 1.49. The minimum Gasteiger partial charge on any atom is -0.496 e. The molecule has 5 aliphatic rings. The number of alkyl halides is 1. The largest absolute Gasteiger partial charge is 0.496 e. The number of hydrogen-bond acceptors (Lipinski definition) is 12. The zero-order valence-electron chi connectivity index (χ0n) is 35.7. The van der Waals surface area contributed by atoms with Crippen molar-refractivity contribution >= 4 is 63.5 Å². The Bertz CT molecular complexity index is 2280. The predicted molar refractivity (Wildman–Crippen MR) is 236 cm³/mol. The van der Waals surface area contributed by atoms with Gasteiger partial charge in [-0.25, -0.2) is 4.79 Å². The highest BCUT2D eigenvalue weighted by molar-refractivity contribution is 14.1. The van der Waals surface area contributed by atoms with E-state index in [9.17, 15) is 24.6 Å². The molecule has 3 aromatic rings. The minimum atomic E-state index is -2.54. The maximum Gasteiger partial charge on any atom is 0.344 e. The van der Waals surface area contributed by atoms with Gasteiger partial charge in [-0.05, 0) is 80.8 Å². The van der Waals surface area contributed by atoms with Gasteiger partial charge in [0, 0.05) is 69.5 Å². The molecule has 1 saturated heterocycles. The predicted octanol–water partition coefficient (Wildman–Crippen LogP) is 4.23. The third kappa shape index (κ3) is 6.06. The Hall–Kier alpha value is -4.03. The molecule has 1 saturated carbocycles. The van der Waals surface area contributed by atoms with E-state index < -0.39 is 63.5 Å². The summed E-state index contributed by atoms with van der Waals surface area (Å²) in [5.74, 6) is -2.16. The topological polar surface area (TPSA) is 180 Å². The van der Waals surface area contributed by atoms with E-state index in [1.54, 1.807) is 6.07 Å². The Morgan fingerprint density at radius 2 is 1.75 bits per heavy atom. The zero-order valence-corrected chi connectivity index (χ0v) is 37.9. The summed E-state index contributed by atoms with van der Waals surface area (Å²) in [5, 5.41) is 29.8. The average Bonchev–Trinajstić information content (AvgIpc) is 3.94. The number of carbonyl (C=O) groups excluding carboxylic acids is 4. The van der Waals surface area contributed by atoms with Gasteiger partial charge in [0.05, 0.1) is 38.7 Å². The number of aliphatic hydroxyl groups is 2. The van der Waals surface area contributed by atoms with E-state index >= 15 is 4.79 Å². The molecule has 3 unspecified atom stereocenters. The van der Waals surface area contributed by atoms with Crippen molar-refractivity contribution in [2.24, 2.45) is 11.3 Å². The number of nitrogens with zero attached hydrogens (tertiary/aromatic N) is 2. The molecule has 2 fully saturated rings. The Kier molecular flexibility index (Phi) is 11.4. The number of benzene rings is 2. The highest BCUT2D eigenvalue weighted by Gasteiger charge is 2.81. The molecule has 0 radical (unpaired) electrons. The third-order valence-electron chi connectivity index (χ3n) is 15.0. The number of aromatic nitrogens is 1. The van der Waals surface area contributed by atoms with Crippen molar-refractivity contribution in [3.63, 3.8) is 0 Å². The molecule has 15 heteroatoms. The van der Waals surface area contributed by atoms with E-state index in [0.717, 1.165) is 16.5 Å². The molecule has 1 spiro atoms. The van der Waals surface area contributed by atoms with Crippen molar-refractivity contribution < 1.29 is 48.3 Å². The van der Waals surface area contributed by atoms with Crippen molar-refractivity contribution in [3.05, 3.63) is 70.9 Å². The van der Waals surface area contributed by atoms with Crippen molar-refractivity contribution in [1.29, 1.82) is 0 Å². The molecule has 1 aromatic heterocycles. The maximum atomic E-state index is 15.4. The smallest absolute Gasteiger partial charge is 0.344 e. The van der Waals surface area contributed by atoms with Crippen LogP contribution in [0.3, 0.4) is 0 Å². The number of aromatic amines is 1. The normalized spacial score (nSPS) is 34.3. The Morgan fingerprint density at radius 3 is 2.41 bits per heavy atom. The van der Waals surface area contributed by atoms with Crippen LogP contribution in [0.15, 0.2) is 48.6 Å². The van der Waals surface area contributed by atoms with Gasteiger partial charge >= 0.3 is 17.9 Å². The van der Waals surface area contributed by atoms with Gasteiger partial charge in [0.1, 0.15) is 11.2 Å². The third-order valence-corrected chi connectivity index (χ3v) is 16.3. The highest BCUT2D eigenvalue weighted by Crippen LogP contribution is 2.68. The summed E-state index contributed by atoms with van der Waals surface area (Å²) in [4.78, 5) is 63.9. The number of ether oxygens (including phenoxy) is 4. The van der Waals surface area contributed by atoms with Crippen molar-refractivity contribution in [1.82, 2.24) is 15.2 Å². The number of para-hydroxylation sites is 1. The molecular formula is C46H57IN4O10. The first-order valence-corrected chi connectivity index (χ1v) is 22.8. The zero-order chi connectivity index (χ0) is 43.7. The van der Waals surface area contributed by atoms with Crippen LogP contribution in [0, 0.1) is 11.3 Å². The molecule has 328 valence electrons. The van der Waals surface area contributed by atoms with Gasteiger partial charge in [0.25, 0.3) is 0 Å². The number of halogens is 1. The number of rotatable bonds is 9. The van der Waals surface area contributed by atoms with Gasteiger partial charge in [-0.15, -0.1) is 0 Å². The summed E-state index contributed by atoms with van der Waals surface area (Å²) in [6, 6.07) is 9.88. The molecule has 14 nitrogen and oxygen atoms in total. The molecule has 4 aliphatic heterocycles. The summed E-state index contributed by atoms with van der Waals surface area (Å²) < 4.78 is 24.3. The van der Waals surface area contributed by atoms with Crippen molar-refractivity contribution in [3.8, 4) is 5.75 Å². The molecule has 1 amide bonds. The maximum absolute atomic E-state index is 15.4. The molecule has 0 bridgehead atoms. The monoisotopic (exact) mass is 952 g/mol. The number of esters is 3. The lowest BCUT2D eigenvalue weighted by molar-refractivity contribution is -0.228. The molecule has 61 heavy (non-hydrogen) atoms. The van der Waals surface area contributed by atoms with E-state index in [2.05, 4.69) is 37.8 Å². The summed E-state index contributed by atoms with van der Waals surface area (Å²) in [5.41, 5.74) is -3.45. The van der Waals surface area contributed by atoms with Gasteiger partial charge in [-0.2, -0.15) is 0 Å². The van der Waals surface area contributed by atoms with Crippen LogP contribution >= 0.6 is 22.6 Å². The molecule has 1 aliphatic carbocycles. The van der Waals surface area contributed by atoms with Crippen LogP contribution in [0.1, 0.15) is 75.3 Å². The van der Waals surface area contributed by atoms with Crippen LogP contribution in [-0.4, -0.2) is 126 Å². The fourth-order valence-electron chi connectivity index (χ4n) is 12.6. The standard InChI is InChI=1S/C46H57IN4O10/c1-7-42(56)22-28(24-47)23-45(40(54)59-5,36-30(14-17-48-25-42)29-12-9-10-13-33(29)49-36)32-20-31-34(21-35(32)58-4)51(26-52)38-44(31)16-19-50-18-11-15-43(8-2,37(44)50)39(61-27(3)53)46(38,57)41(55)60-6/h9-13,15,20-21,26,28,37-39,48-49,56-57H,7-8,14,16-19,22-25H2,1-6H3/t28-,37+,38?,39-,42?,43-,44-,45+,46?/m1/s1. The SMILES string of the molecule is CCC1(O)CNCCc2c([nH]c3ccccc23)[C@@](C(=O)OC)(c2cc3c(cc2OC)N(C=O)C2C(O)(C(=O)OC)[C@H](OC(C)=O)[C@]4(CC)C=CCN5CC[C@]32[C@@H]54)C[C@H](CI)C1. The lowest BCUT2D eigenvalue weighted by atomic mass is 9.47. The van der Waals surface area contributed by atoms with Gasteiger partial charge in [-0.1, -0.05) is 66.8 Å². The highest BCUT2D eigenvalue weighted by atomic mass is 127. The number of fused-ring (bicyclic) bond motifs is 4. The lowest BCUT2D eigenvalue weighted by Crippen LogP contribution is -2.81. The molecule has 5 heterocycles. The van der Waals surface area contributed by atoms with E-state index in [1.165, 1.54) is 33.2 Å². The van der Waals surface area contributed by atoms with Gasteiger partial charge < -0.3 is 44.4 Å². The average molecular weight is 953 g/mol. The van der Waals surface area contributed by atoms with Crippen LogP contribution in [0.5, 0.6) is 5.75 Å². The van der Waals surface area contributed by atoms with Gasteiger partial charge in [0.15, 0.2) is 6.10 Å². The Morgan fingerprint density at radius 1 is 1.00 bits per heavy atom. The summed E-state index contributed by atoms with van der Waals surface area (Å²) in [7, 11) is 4.07. The molecule has 4 N–H and O–H groups in total. The number of nitrogens with one attached hydrogen (secondary N) is 2. The molecule has 9 atom stereocenters. The number of H-pyrrole nitrogens is 1. The second kappa shape index (κ2) is 16.0. The van der Waals surface area contributed by atoms with Gasteiger partial charge in [0.2, 0.25) is 12.0 Å². The second-order valence-electron chi connectivity index (χ2n) is 17.7. The fraction of sp³-hybridized carbons (Fsp3) is 0.565. The Labute approximate surface area is 369 Å². The second-order valence-corrected chi connectivity index (χ2v) is 18.6. The number of hydrogen-bond donors (Lipinski definition) is 4. The fourth-order valence-corrected chi connectivity index (χ4v) is 13.2. The summed E-state index contributed by atoms with van der Waals surface area (Å²) >= 11 is 2.34. The number of carbonyl (C=O) groups is 4. The summed E-state index contributed by atoms with van der Waals surface area (Å²) in [6.07, 6.45) is 5.58. The summed E-state index contributed by atoms with van der Waals surface area (Å²) in [6.45, 7) is 7.18. The van der Waals surface area contributed by atoms with Crippen LogP contribution in [0.2, 0.25) is 0 Å². The van der Waals surface area contributed by atoms with E-state index in [4.69, 9.17) is 18.9 Å². The molecule has 8 rings (SSSR count). The number of amides is 1. The lowest BCUT2D eigenvalue weighted by Gasteiger charge is -2.63. The van der Waals surface area contributed by atoms with Crippen molar-refractivity contribution in [2.45, 2.75) is 99.5 Å². The van der Waals surface area contributed by atoms with Crippen molar-refractivity contribution in [2.75, 3.05) is 56.8 Å². The minimum absolute atomic E-state index is 0.207. The van der Waals surface area contributed by atoms with E-state index in [0.29, 0.717) is 97.4 Å². The quantitative estimate of drug-likeness (QED) is 0.0601.